The molecule has 1 saturated heterocycles. The molecular weight excluding hydrogens is 428 g/mol. The molecule has 1 unspecified atom stereocenters. The zero-order valence-electron chi connectivity index (χ0n) is 19.6. The fourth-order valence-corrected chi connectivity index (χ4v) is 3.97. The van der Waals surface area contributed by atoms with Crippen molar-refractivity contribution in [2.45, 2.75) is 19.4 Å². The smallest absolute Gasteiger partial charge is 0.262 e. The van der Waals surface area contributed by atoms with E-state index in [1.54, 1.807) is 6.07 Å². The van der Waals surface area contributed by atoms with Crippen molar-refractivity contribution in [3.63, 3.8) is 0 Å². The van der Waals surface area contributed by atoms with Gasteiger partial charge in [-0.05, 0) is 54.6 Å². The summed E-state index contributed by atoms with van der Waals surface area (Å²) in [5.41, 5.74) is 2.10. The average molecular weight is 459 g/mol. The summed E-state index contributed by atoms with van der Waals surface area (Å²) >= 11 is 0. The Bertz CT molecular complexity index is 1230. The molecule has 0 bridgehead atoms. The number of nitrogens with one attached hydrogen (secondary N) is 1. The first kappa shape index (κ1) is 23.6. The van der Waals surface area contributed by atoms with E-state index in [4.69, 9.17) is 4.42 Å². The van der Waals surface area contributed by atoms with E-state index in [-0.39, 0.29) is 12.1 Å². The second-order valence-electron chi connectivity index (χ2n) is 8.68. The molecule has 0 aliphatic carbocycles. The van der Waals surface area contributed by atoms with Crippen molar-refractivity contribution in [3.8, 4) is 17.4 Å². The molecule has 1 atom stereocenters. The summed E-state index contributed by atoms with van der Waals surface area (Å²) in [7, 11) is 2.16. The number of anilines is 1. The molecule has 1 aliphatic rings. The number of benzene rings is 2. The molecule has 1 aliphatic heterocycles. The van der Waals surface area contributed by atoms with Gasteiger partial charge in [0.05, 0.1) is 6.10 Å². The van der Waals surface area contributed by atoms with Crippen molar-refractivity contribution in [2.75, 3.05) is 44.7 Å². The van der Waals surface area contributed by atoms with Crippen LogP contribution >= 0.6 is 0 Å². The van der Waals surface area contributed by atoms with E-state index in [1.165, 1.54) is 17.1 Å². The van der Waals surface area contributed by atoms with Gasteiger partial charge in [0.25, 0.3) is 5.91 Å². The number of fused-ring (bicyclic) bond motifs is 1. The van der Waals surface area contributed by atoms with Crippen LogP contribution in [0.2, 0.25) is 0 Å². The summed E-state index contributed by atoms with van der Waals surface area (Å²) in [5, 5.41) is 23.8. The minimum atomic E-state index is -0.635. The molecule has 4 rings (SSSR count). The molecule has 2 N–H and O–H groups in total. The van der Waals surface area contributed by atoms with E-state index in [2.05, 4.69) is 52.5 Å². The van der Waals surface area contributed by atoms with Gasteiger partial charge in [-0.2, -0.15) is 5.26 Å². The van der Waals surface area contributed by atoms with Gasteiger partial charge in [0, 0.05) is 50.1 Å². The van der Waals surface area contributed by atoms with Gasteiger partial charge in [0.1, 0.15) is 23.2 Å². The van der Waals surface area contributed by atoms with Crippen LogP contribution in [-0.2, 0) is 4.79 Å². The second kappa shape index (κ2) is 10.6. The van der Waals surface area contributed by atoms with Crippen molar-refractivity contribution >= 4 is 28.4 Å². The third-order valence-electron chi connectivity index (χ3n) is 6.22. The quantitative estimate of drug-likeness (QED) is 0.415. The predicted molar refractivity (Wildman–Crippen MR) is 134 cm³/mol. The van der Waals surface area contributed by atoms with E-state index in [1.807, 2.05) is 25.1 Å². The normalized spacial score (nSPS) is 15.8. The Morgan fingerprint density at radius 2 is 1.88 bits per heavy atom. The molecule has 1 fully saturated rings. The molecule has 0 spiro atoms. The average Bonchev–Trinajstić information content (AvgIpc) is 3.34. The number of amides is 1. The second-order valence-corrected chi connectivity index (χ2v) is 8.68. The molecule has 0 saturated carbocycles. The Kier molecular flexibility index (Phi) is 7.31. The fraction of sp³-hybridized carbons (Fsp3) is 0.333. The van der Waals surface area contributed by atoms with Crippen molar-refractivity contribution in [1.29, 1.82) is 5.26 Å². The number of nitrogens with zero attached hydrogens (tertiary/aromatic N) is 3. The number of aliphatic hydroxyl groups is 1. The van der Waals surface area contributed by atoms with E-state index in [0.29, 0.717) is 17.9 Å². The lowest BCUT2D eigenvalue weighted by Gasteiger charge is -2.34. The van der Waals surface area contributed by atoms with Gasteiger partial charge in [0.2, 0.25) is 0 Å². The van der Waals surface area contributed by atoms with Gasteiger partial charge >= 0.3 is 0 Å². The third kappa shape index (κ3) is 5.48. The lowest BCUT2D eigenvalue weighted by Crippen LogP contribution is -2.44. The number of piperazine rings is 1. The Morgan fingerprint density at radius 3 is 2.62 bits per heavy atom. The van der Waals surface area contributed by atoms with Crippen LogP contribution in [0.5, 0.6) is 0 Å². The fourth-order valence-electron chi connectivity index (χ4n) is 3.97. The molecule has 1 aromatic heterocycles. The van der Waals surface area contributed by atoms with Crippen molar-refractivity contribution < 1.29 is 14.3 Å². The van der Waals surface area contributed by atoms with E-state index < -0.39 is 12.0 Å². The number of aliphatic hydroxyl groups excluding tert-OH is 1. The number of likely N-dealkylation sites (N-methyl/N-ethyl adjacent to an activating group) is 1. The van der Waals surface area contributed by atoms with Crippen LogP contribution < -0.4 is 10.2 Å². The van der Waals surface area contributed by atoms with E-state index >= 15 is 0 Å². The highest BCUT2D eigenvalue weighted by Gasteiger charge is 2.15. The van der Waals surface area contributed by atoms with Gasteiger partial charge in [-0.1, -0.05) is 25.1 Å². The number of nitriles is 1. The van der Waals surface area contributed by atoms with Crippen LogP contribution in [0.25, 0.3) is 28.2 Å². The van der Waals surface area contributed by atoms with Crippen LogP contribution in [0.1, 0.15) is 19.1 Å². The van der Waals surface area contributed by atoms with Gasteiger partial charge in [-0.3, -0.25) is 4.79 Å². The minimum absolute atomic E-state index is 0.0702. The molecule has 176 valence electrons. The topological polar surface area (TPSA) is 92.7 Å². The highest BCUT2D eigenvalue weighted by atomic mass is 16.3. The first-order chi connectivity index (χ1) is 16.5. The SMILES string of the molecule is CCC(O)CNC(=O)/C(C#N)=C/c1ccc(-c2ccc3cc(N4CCN(C)CC4)ccc3c2)o1. The molecule has 3 aromatic rings. The molecule has 2 aromatic carbocycles. The molecule has 1 amide bonds. The molecular formula is C27H30N4O3. The van der Waals surface area contributed by atoms with E-state index in [9.17, 15) is 15.2 Å². The highest BCUT2D eigenvalue weighted by Crippen LogP contribution is 2.29. The monoisotopic (exact) mass is 458 g/mol. The number of carbonyl (C=O) groups is 1. The summed E-state index contributed by atoms with van der Waals surface area (Å²) in [6, 6.07) is 18.2. The van der Waals surface area contributed by atoms with Gasteiger partial charge in [-0.15, -0.1) is 0 Å². The van der Waals surface area contributed by atoms with Crippen LogP contribution in [0.3, 0.4) is 0 Å². The zero-order valence-corrected chi connectivity index (χ0v) is 19.6. The minimum Gasteiger partial charge on any atom is -0.457 e. The number of rotatable bonds is 7. The van der Waals surface area contributed by atoms with Crippen molar-refractivity contribution in [2.24, 2.45) is 0 Å². The van der Waals surface area contributed by atoms with Crippen LogP contribution in [0.4, 0.5) is 5.69 Å². The molecule has 0 radical (unpaired) electrons. The first-order valence-corrected chi connectivity index (χ1v) is 11.6. The van der Waals surface area contributed by atoms with Gasteiger partial charge in [-0.25, -0.2) is 0 Å². The Hall–Kier alpha value is -3.60. The standard InChI is InChI=1S/C27H30N4O3/c1-3-24(32)18-29-27(33)22(17-28)16-25-8-9-26(34-25)21-5-4-20-15-23(7-6-19(20)14-21)31-12-10-30(2)11-13-31/h4-9,14-16,24,32H,3,10-13,18H2,1-2H3,(H,29,33)/b22-16+. The molecule has 7 heteroatoms. The number of carbonyl (C=O) groups excluding carboxylic acids is 1. The lowest BCUT2D eigenvalue weighted by molar-refractivity contribution is -0.117. The number of hydrogen-bond donors (Lipinski definition) is 2. The maximum Gasteiger partial charge on any atom is 0.262 e. The van der Waals surface area contributed by atoms with Gasteiger partial charge in [0.15, 0.2) is 0 Å². The Morgan fingerprint density at radius 1 is 1.15 bits per heavy atom. The maximum absolute atomic E-state index is 12.2. The summed E-state index contributed by atoms with van der Waals surface area (Å²) in [6.45, 7) is 6.13. The van der Waals surface area contributed by atoms with Crippen LogP contribution in [0, 0.1) is 11.3 Å². The third-order valence-corrected chi connectivity index (χ3v) is 6.22. The summed E-state index contributed by atoms with van der Waals surface area (Å²) in [5.74, 6) is 0.549. The van der Waals surface area contributed by atoms with Crippen molar-refractivity contribution in [1.82, 2.24) is 10.2 Å². The molecule has 34 heavy (non-hydrogen) atoms. The summed E-state index contributed by atoms with van der Waals surface area (Å²) in [6.07, 6.45) is 1.31. The predicted octanol–water partition coefficient (Wildman–Crippen LogP) is 3.65. The van der Waals surface area contributed by atoms with E-state index in [0.717, 1.165) is 37.1 Å². The van der Waals surface area contributed by atoms with Gasteiger partial charge < -0.3 is 24.6 Å². The maximum atomic E-state index is 12.2. The highest BCUT2D eigenvalue weighted by molar-refractivity contribution is 6.01. The van der Waals surface area contributed by atoms with Crippen LogP contribution in [0.15, 0.2) is 58.5 Å². The summed E-state index contributed by atoms with van der Waals surface area (Å²) < 4.78 is 5.91. The Labute approximate surface area is 199 Å². The number of furan rings is 1. The molecule has 2 heterocycles. The van der Waals surface area contributed by atoms with Crippen LogP contribution in [-0.4, -0.2) is 61.8 Å². The van der Waals surface area contributed by atoms with Crippen molar-refractivity contribution in [3.05, 3.63) is 59.9 Å². The number of hydrogen-bond acceptors (Lipinski definition) is 6. The lowest BCUT2D eigenvalue weighted by atomic mass is 10.0. The first-order valence-electron chi connectivity index (χ1n) is 11.6. The summed E-state index contributed by atoms with van der Waals surface area (Å²) in [4.78, 5) is 17.0. The Balaban J connectivity index is 1.50. The largest absolute Gasteiger partial charge is 0.457 e. The molecule has 7 nitrogen and oxygen atoms in total. The zero-order chi connectivity index (χ0) is 24.1.